The highest BCUT2D eigenvalue weighted by Crippen LogP contribution is 2.23. The molecule has 0 radical (unpaired) electrons. The van der Waals surface area contributed by atoms with Gasteiger partial charge in [-0.3, -0.25) is 4.79 Å². The van der Waals surface area contributed by atoms with Crippen LogP contribution in [-0.2, 0) is 16.8 Å². The van der Waals surface area contributed by atoms with Crippen LogP contribution in [0.2, 0.25) is 0 Å². The average molecular weight is 340 g/mol. The topological polar surface area (TPSA) is 96.5 Å². The van der Waals surface area contributed by atoms with Crippen LogP contribution in [0.5, 0.6) is 0 Å². The molecule has 0 aliphatic heterocycles. The second-order valence-corrected chi connectivity index (χ2v) is 7.35. The minimum atomic E-state index is -0.708. The van der Waals surface area contributed by atoms with E-state index in [-0.39, 0.29) is 23.8 Å². The lowest BCUT2D eigenvalue weighted by atomic mass is 9.86. The smallest absolute Gasteiger partial charge is 0.243 e. The summed E-state index contributed by atoms with van der Waals surface area (Å²) in [5.74, 6) is 0.443. The summed E-state index contributed by atoms with van der Waals surface area (Å²) >= 11 is 0. The van der Waals surface area contributed by atoms with Gasteiger partial charge in [-0.2, -0.15) is 5.26 Å². The van der Waals surface area contributed by atoms with Gasteiger partial charge in [-0.25, -0.2) is 4.68 Å². The molecule has 1 atom stereocenters. The first-order valence-electron chi connectivity index (χ1n) is 8.28. The third-order valence-electron chi connectivity index (χ3n) is 3.91. The van der Waals surface area contributed by atoms with Gasteiger partial charge in [-0.05, 0) is 27.0 Å². The molecule has 0 bridgehead atoms. The predicted octanol–water partition coefficient (Wildman–Crippen LogP) is 2.48. The van der Waals surface area contributed by atoms with Crippen LogP contribution in [0.15, 0.2) is 24.3 Å². The number of carbonyl (C=O) groups excluding carboxylic acids is 1. The van der Waals surface area contributed by atoms with E-state index < -0.39 is 6.04 Å². The second kappa shape index (κ2) is 7.43. The van der Waals surface area contributed by atoms with E-state index in [0.717, 1.165) is 5.56 Å². The molecule has 1 N–H and O–H groups in total. The van der Waals surface area contributed by atoms with Gasteiger partial charge in [0.1, 0.15) is 12.6 Å². The predicted molar refractivity (Wildman–Crippen MR) is 93.5 cm³/mol. The normalized spacial score (nSPS) is 12.7. The summed E-state index contributed by atoms with van der Waals surface area (Å²) in [5.41, 5.74) is 1.97. The zero-order chi connectivity index (χ0) is 18.6. The van der Waals surface area contributed by atoms with E-state index in [1.54, 1.807) is 0 Å². The molecule has 25 heavy (non-hydrogen) atoms. The van der Waals surface area contributed by atoms with E-state index in [4.69, 9.17) is 0 Å². The van der Waals surface area contributed by atoms with Crippen molar-refractivity contribution in [1.29, 1.82) is 5.26 Å². The molecule has 0 aliphatic rings. The summed E-state index contributed by atoms with van der Waals surface area (Å²) in [6.45, 7) is 10.3. The molecule has 7 nitrogen and oxygen atoms in total. The summed E-state index contributed by atoms with van der Waals surface area (Å²) in [6.07, 6.45) is 0. The van der Waals surface area contributed by atoms with Crippen LogP contribution in [0, 0.1) is 11.3 Å². The Morgan fingerprint density at radius 1 is 1.28 bits per heavy atom. The zero-order valence-electron chi connectivity index (χ0n) is 15.3. The molecule has 0 saturated carbocycles. The van der Waals surface area contributed by atoms with Gasteiger partial charge in [0.25, 0.3) is 0 Å². The van der Waals surface area contributed by atoms with Crippen molar-refractivity contribution in [2.24, 2.45) is 0 Å². The molecule has 0 aliphatic carbocycles. The Kier molecular flexibility index (Phi) is 5.52. The molecule has 0 fully saturated rings. The third-order valence-corrected chi connectivity index (χ3v) is 3.91. The number of carbonyl (C=O) groups is 1. The van der Waals surface area contributed by atoms with Gasteiger partial charge >= 0.3 is 0 Å². The van der Waals surface area contributed by atoms with E-state index in [2.05, 4.69) is 47.7 Å². The lowest BCUT2D eigenvalue weighted by Crippen LogP contribution is -2.32. The molecular weight excluding hydrogens is 316 g/mol. The summed E-state index contributed by atoms with van der Waals surface area (Å²) in [4.78, 5) is 12.3. The third kappa shape index (κ3) is 4.63. The fourth-order valence-corrected chi connectivity index (χ4v) is 2.45. The Morgan fingerprint density at radius 2 is 1.92 bits per heavy atom. The van der Waals surface area contributed by atoms with E-state index in [1.807, 2.05) is 38.1 Å². The van der Waals surface area contributed by atoms with E-state index in [1.165, 1.54) is 10.2 Å². The Morgan fingerprint density at radius 3 is 2.44 bits per heavy atom. The quantitative estimate of drug-likeness (QED) is 0.902. The summed E-state index contributed by atoms with van der Waals surface area (Å²) in [6, 6.07) is 9.16. The minimum Gasteiger partial charge on any atom is -0.335 e. The van der Waals surface area contributed by atoms with Crippen LogP contribution in [0.3, 0.4) is 0 Å². The molecule has 0 unspecified atom stereocenters. The summed E-state index contributed by atoms with van der Waals surface area (Å²) in [5, 5.41) is 23.5. The maximum absolute atomic E-state index is 12.3. The van der Waals surface area contributed by atoms with Gasteiger partial charge < -0.3 is 5.32 Å². The standard InChI is InChI=1S/C18H24N6O/c1-12(2)17-21-22-23-24(17)11-16(25)20-15(10-19)13-6-8-14(9-7-13)18(3,4)5/h6-9,12,15H,11H2,1-5H3,(H,20,25)/t15-/m0/s1. The Hall–Kier alpha value is -2.75. The number of amides is 1. The van der Waals surface area contributed by atoms with Crippen molar-refractivity contribution in [1.82, 2.24) is 25.5 Å². The first kappa shape index (κ1) is 18.6. The van der Waals surface area contributed by atoms with Gasteiger partial charge in [0, 0.05) is 5.92 Å². The largest absolute Gasteiger partial charge is 0.335 e. The van der Waals surface area contributed by atoms with Gasteiger partial charge in [-0.1, -0.05) is 58.9 Å². The Labute approximate surface area is 148 Å². The van der Waals surface area contributed by atoms with Crippen molar-refractivity contribution >= 4 is 5.91 Å². The number of hydrogen-bond acceptors (Lipinski definition) is 5. The van der Waals surface area contributed by atoms with Crippen LogP contribution in [0.25, 0.3) is 0 Å². The summed E-state index contributed by atoms with van der Waals surface area (Å²) in [7, 11) is 0. The average Bonchev–Trinajstić information content (AvgIpc) is 3.00. The van der Waals surface area contributed by atoms with Crippen LogP contribution in [0.4, 0.5) is 0 Å². The van der Waals surface area contributed by atoms with Crippen molar-refractivity contribution in [3.63, 3.8) is 0 Å². The van der Waals surface area contributed by atoms with Crippen molar-refractivity contribution in [3.05, 3.63) is 41.2 Å². The van der Waals surface area contributed by atoms with Crippen LogP contribution in [0.1, 0.15) is 63.5 Å². The molecule has 132 valence electrons. The van der Waals surface area contributed by atoms with Gasteiger partial charge in [0.2, 0.25) is 5.91 Å². The fourth-order valence-electron chi connectivity index (χ4n) is 2.45. The van der Waals surface area contributed by atoms with Gasteiger partial charge in [0.15, 0.2) is 5.82 Å². The SMILES string of the molecule is CC(C)c1nnnn1CC(=O)N[C@@H](C#N)c1ccc(C(C)(C)C)cc1. The number of rotatable bonds is 5. The molecule has 2 rings (SSSR count). The first-order chi connectivity index (χ1) is 11.7. The molecular formula is C18H24N6O. The number of nitrogens with one attached hydrogen (secondary N) is 1. The van der Waals surface area contributed by atoms with E-state index in [9.17, 15) is 10.1 Å². The van der Waals surface area contributed by atoms with Crippen molar-refractivity contribution in [2.75, 3.05) is 0 Å². The maximum Gasteiger partial charge on any atom is 0.243 e. The maximum atomic E-state index is 12.3. The zero-order valence-corrected chi connectivity index (χ0v) is 15.3. The van der Waals surface area contributed by atoms with Crippen molar-refractivity contribution in [2.45, 2.75) is 58.5 Å². The molecule has 0 saturated heterocycles. The number of tetrazole rings is 1. The highest BCUT2D eigenvalue weighted by Gasteiger charge is 2.19. The first-order valence-corrected chi connectivity index (χ1v) is 8.28. The highest BCUT2D eigenvalue weighted by atomic mass is 16.2. The molecule has 1 heterocycles. The molecule has 7 heteroatoms. The van der Waals surface area contributed by atoms with Gasteiger partial charge in [0.05, 0.1) is 6.07 Å². The van der Waals surface area contributed by atoms with Crippen LogP contribution in [-0.4, -0.2) is 26.1 Å². The lowest BCUT2D eigenvalue weighted by molar-refractivity contribution is -0.122. The molecule has 1 aromatic carbocycles. The van der Waals surface area contributed by atoms with Crippen molar-refractivity contribution in [3.8, 4) is 6.07 Å². The Balaban J connectivity index is 2.08. The second-order valence-electron chi connectivity index (χ2n) is 7.35. The van der Waals surface area contributed by atoms with E-state index in [0.29, 0.717) is 5.82 Å². The minimum absolute atomic E-state index is 0.0151. The monoisotopic (exact) mass is 340 g/mol. The number of nitriles is 1. The fraction of sp³-hybridized carbons (Fsp3) is 0.500. The number of benzene rings is 1. The molecule has 2 aromatic rings. The van der Waals surface area contributed by atoms with Crippen molar-refractivity contribution < 1.29 is 4.79 Å². The van der Waals surface area contributed by atoms with E-state index >= 15 is 0 Å². The molecule has 1 amide bonds. The van der Waals surface area contributed by atoms with Crippen LogP contribution < -0.4 is 5.32 Å². The molecule has 0 spiro atoms. The summed E-state index contributed by atoms with van der Waals surface area (Å²) < 4.78 is 1.46. The molecule has 1 aromatic heterocycles. The van der Waals surface area contributed by atoms with Crippen LogP contribution >= 0.6 is 0 Å². The van der Waals surface area contributed by atoms with Gasteiger partial charge in [-0.15, -0.1) is 5.10 Å². The lowest BCUT2D eigenvalue weighted by Gasteiger charge is -2.20. The highest BCUT2D eigenvalue weighted by molar-refractivity contribution is 5.76. The Bertz CT molecular complexity index is 764. The number of hydrogen-bond donors (Lipinski definition) is 1. The number of aromatic nitrogens is 4. The number of nitrogens with zero attached hydrogens (tertiary/aromatic N) is 5.